The van der Waals surface area contributed by atoms with Gasteiger partial charge in [0.15, 0.2) is 5.13 Å². The molecule has 146 valence electrons. The third-order valence-corrected chi connectivity index (χ3v) is 7.18. The van der Waals surface area contributed by atoms with Crippen LogP contribution in [0.4, 0.5) is 5.13 Å². The molecule has 1 aromatic heterocycles. The molecule has 3 aromatic rings. The second kappa shape index (κ2) is 8.13. The summed E-state index contributed by atoms with van der Waals surface area (Å²) in [6.07, 6.45) is 2.58. The molecule has 0 saturated carbocycles. The van der Waals surface area contributed by atoms with Gasteiger partial charge in [0.2, 0.25) is 5.91 Å². The number of carbonyl (C=O) groups excluding carboxylic acids is 1. The molecule has 0 atom stereocenters. The molecule has 1 aliphatic rings. The van der Waals surface area contributed by atoms with Crippen LogP contribution in [0.15, 0.2) is 41.3 Å². The molecule has 0 radical (unpaired) electrons. The predicted octanol–water partition coefficient (Wildman–Crippen LogP) is 4.53. The number of aromatic nitrogens is 1. The summed E-state index contributed by atoms with van der Waals surface area (Å²) < 4.78 is 1.23. The molecule has 1 amide bonds. The normalized spacial score (nSPS) is 14.7. The number of thiazole rings is 1. The number of benzene rings is 2. The maximum absolute atomic E-state index is 12.8. The Bertz CT molecular complexity index is 1010. The monoisotopic (exact) mass is 411 g/mol. The molecule has 0 unspecified atom stereocenters. The van der Waals surface area contributed by atoms with Crippen LogP contribution in [0, 0.1) is 13.8 Å². The molecule has 0 N–H and O–H groups in total. The van der Waals surface area contributed by atoms with Crippen molar-refractivity contribution in [3.05, 3.63) is 53.1 Å². The van der Waals surface area contributed by atoms with Gasteiger partial charge in [0.25, 0.3) is 0 Å². The Balaban J connectivity index is 1.41. The van der Waals surface area contributed by atoms with E-state index in [-0.39, 0.29) is 5.91 Å². The largest absolute Gasteiger partial charge is 0.345 e. The molecule has 1 fully saturated rings. The molecular weight excluding hydrogens is 386 g/mol. The first kappa shape index (κ1) is 19.3. The summed E-state index contributed by atoms with van der Waals surface area (Å²) in [6.45, 7) is 7.37. The van der Waals surface area contributed by atoms with Gasteiger partial charge in [-0.05, 0) is 43.4 Å². The third-order valence-electron chi connectivity index (χ3n) is 5.33. The topological polar surface area (TPSA) is 36.4 Å². The first-order valence-corrected chi connectivity index (χ1v) is 11.6. The Hall–Kier alpha value is -2.05. The van der Waals surface area contributed by atoms with Crippen LogP contribution in [-0.2, 0) is 11.2 Å². The van der Waals surface area contributed by atoms with E-state index in [4.69, 9.17) is 4.98 Å². The highest BCUT2D eigenvalue weighted by Gasteiger charge is 2.23. The van der Waals surface area contributed by atoms with Crippen LogP contribution in [0.2, 0.25) is 0 Å². The Morgan fingerprint density at radius 2 is 1.93 bits per heavy atom. The zero-order valence-corrected chi connectivity index (χ0v) is 18.2. The van der Waals surface area contributed by atoms with Gasteiger partial charge in [-0.1, -0.05) is 41.2 Å². The van der Waals surface area contributed by atoms with Crippen molar-refractivity contribution in [2.45, 2.75) is 25.2 Å². The van der Waals surface area contributed by atoms with Gasteiger partial charge in [0.05, 0.1) is 16.6 Å². The summed E-state index contributed by atoms with van der Waals surface area (Å²) in [5.41, 5.74) is 4.67. The van der Waals surface area contributed by atoms with E-state index < -0.39 is 0 Å². The maximum atomic E-state index is 12.8. The summed E-state index contributed by atoms with van der Waals surface area (Å²) in [7, 11) is 0. The number of aryl methyl sites for hydroxylation is 2. The lowest BCUT2D eigenvalue weighted by atomic mass is 10.0. The van der Waals surface area contributed by atoms with E-state index in [9.17, 15) is 4.79 Å². The van der Waals surface area contributed by atoms with Crippen LogP contribution in [0.25, 0.3) is 10.2 Å². The molecule has 1 aliphatic heterocycles. The number of amides is 1. The fraction of sp³-hybridized carbons (Fsp3) is 0.364. The standard InChI is InChI=1S/C22H25N3OS2/c1-15-7-8-17(16(2)13-15)14-20(26)24-9-11-25(12-10-24)22-23-21-18(27-3)5-4-6-19(21)28-22/h4-8,13H,9-12,14H2,1-3H3. The second-order valence-corrected chi connectivity index (χ2v) is 9.14. The number of fused-ring (bicyclic) bond motifs is 1. The highest BCUT2D eigenvalue weighted by Crippen LogP contribution is 2.34. The Labute approximate surface area is 174 Å². The zero-order chi connectivity index (χ0) is 19.7. The number of nitrogens with zero attached hydrogens (tertiary/aromatic N) is 3. The maximum Gasteiger partial charge on any atom is 0.227 e. The average Bonchev–Trinajstić information content (AvgIpc) is 3.14. The van der Waals surface area contributed by atoms with Gasteiger partial charge >= 0.3 is 0 Å². The minimum Gasteiger partial charge on any atom is -0.345 e. The highest BCUT2D eigenvalue weighted by molar-refractivity contribution is 7.98. The lowest BCUT2D eigenvalue weighted by molar-refractivity contribution is -0.130. The van der Waals surface area contributed by atoms with Crippen molar-refractivity contribution in [2.24, 2.45) is 0 Å². The van der Waals surface area contributed by atoms with Crippen molar-refractivity contribution in [2.75, 3.05) is 37.3 Å². The molecule has 28 heavy (non-hydrogen) atoms. The number of hydrogen-bond donors (Lipinski definition) is 0. The second-order valence-electron chi connectivity index (χ2n) is 7.28. The highest BCUT2D eigenvalue weighted by atomic mass is 32.2. The van der Waals surface area contributed by atoms with Crippen LogP contribution in [0.3, 0.4) is 0 Å². The Morgan fingerprint density at radius 1 is 1.14 bits per heavy atom. The van der Waals surface area contributed by atoms with Gasteiger partial charge in [-0.15, -0.1) is 11.8 Å². The number of thioether (sulfide) groups is 1. The SMILES string of the molecule is CSc1cccc2sc(N3CCN(C(=O)Cc4ccc(C)cc4C)CC3)nc12. The smallest absolute Gasteiger partial charge is 0.227 e. The molecule has 4 rings (SSSR count). The molecule has 0 spiro atoms. The van der Waals surface area contributed by atoms with Crippen LogP contribution in [-0.4, -0.2) is 48.2 Å². The van der Waals surface area contributed by atoms with E-state index in [1.807, 2.05) is 4.90 Å². The number of anilines is 1. The first-order valence-electron chi connectivity index (χ1n) is 9.57. The Kier molecular flexibility index (Phi) is 5.60. The van der Waals surface area contributed by atoms with Crippen molar-refractivity contribution >= 4 is 44.4 Å². The fourth-order valence-corrected chi connectivity index (χ4v) is 5.35. The van der Waals surface area contributed by atoms with E-state index in [2.05, 4.69) is 61.4 Å². The Morgan fingerprint density at radius 3 is 2.64 bits per heavy atom. The van der Waals surface area contributed by atoms with Crippen LogP contribution in [0.1, 0.15) is 16.7 Å². The average molecular weight is 412 g/mol. The fourth-order valence-electron chi connectivity index (χ4n) is 3.68. The minimum absolute atomic E-state index is 0.223. The number of carbonyl (C=O) groups is 1. The van der Waals surface area contributed by atoms with Gasteiger partial charge in [-0.25, -0.2) is 4.98 Å². The predicted molar refractivity (Wildman–Crippen MR) is 120 cm³/mol. The summed E-state index contributed by atoms with van der Waals surface area (Å²) in [4.78, 5) is 23.2. The molecular formula is C22H25N3OS2. The van der Waals surface area contributed by atoms with E-state index in [0.717, 1.165) is 42.4 Å². The number of para-hydroxylation sites is 1. The van der Waals surface area contributed by atoms with Crippen molar-refractivity contribution < 1.29 is 4.79 Å². The third kappa shape index (κ3) is 3.89. The molecule has 4 nitrogen and oxygen atoms in total. The van der Waals surface area contributed by atoms with E-state index >= 15 is 0 Å². The van der Waals surface area contributed by atoms with E-state index in [0.29, 0.717) is 6.42 Å². The van der Waals surface area contributed by atoms with Gasteiger partial charge < -0.3 is 9.80 Å². The number of rotatable bonds is 4. The summed E-state index contributed by atoms with van der Waals surface area (Å²) in [5.74, 6) is 0.223. The zero-order valence-electron chi connectivity index (χ0n) is 16.6. The molecule has 2 heterocycles. The summed E-state index contributed by atoms with van der Waals surface area (Å²) in [5, 5.41) is 1.07. The lowest BCUT2D eigenvalue weighted by Gasteiger charge is -2.34. The molecule has 1 saturated heterocycles. The van der Waals surface area contributed by atoms with E-state index in [1.165, 1.54) is 20.7 Å². The summed E-state index contributed by atoms with van der Waals surface area (Å²) >= 11 is 3.49. The van der Waals surface area contributed by atoms with Crippen molar-refractivity contribution in [1.82, 2.24) is 9.88 Å². The minimum atomic E-state index is 0.223. The van der Waals surface area contributed by atoms with Crippen molar-refractivity contribution in [3.63, 3.8) is 0 Å². The van der Waals surface area contributed by atoms with Crippen LogP contribution in [0.5, 0.6) is 0 Å². The summed E-state index contributed by atoms with van der Waals surface area (Å²) in [6, 6.07) is 12.7. The van der Waals surface area contributed by atoms with E-state index in [1.54, 1.807) is 23.1 Å². The van der Waals surface area contributed by atoms with Crippen LogP contribution >= 0.6 is 23.1 Å². The van der Waals surface area contributed by atoms with Gasteiger partial charge in [0.1, 0.15) is 0 Å². The van der Waals surface area contributed by atoms with Crippen molar-refractivity contribution in [1.29, 1.82) is 0 Å². The first-order chi connectivity index (χ1) is 13.5. The quantitative estimate of drug-likeness (QED) is 0.591. The van der Waals surface area contributed by atoms with Gasteiger partial charge in [-0.3, -0.25) is 4.79 Å². The number of piperazine rings is 1. The molecule has 0 bridgehead atoms. The molecule has 6 heteroatoms. The lowest BCUT2D eigenvalue weighted by Crippen LogP contribution is -2.49. The van der Waals surface area contributed by atoms with Gasteiger partial charge in [0, 0.05) is 31.1 Å². The molecule has 0 aliphatic carbocycles. The van der Waals surface area contributed by atoms with Crippen molar-refractivity contribution in [3.8, 4) is 0 Å². The van der Waals surface area contributed by atoms with Gasteiger partial charge in [-0.2, -0.15) is 0 Å². The van der Waals surface area contributed by atoms with Crippen LogP contribution < -0.4 is 4.90 Å². The molecule has 2 aromatic carbocycles. The number of hydrogen-bond acceptors (Lipinski definition) is 5.